The van der Waals surface area contributed by atoms with Crippen LogP contribution < -0.4 is 0 Å². The van der Waals surface area contributed by atoms with E-state index in [-0.39, 0.29) is 11.6 Å². The summed E-state index contributed by atoms with van der Waals surface area (Å²) in [7, 11) is 1.14. The molecule has 0 aliphatic heterocycles. The SMILES string of the molecule is COC(=O)C(C)(Cc1cnc(Cl)cn1)C(=O)O. The molecule has 0 aromatic carbocycles. The molecule has 92 valence electrons. The molecule has 17 heavy (non-hydrogen) atoms. The fraction of sp³-hybridized carbons (Fsp3) is 0.400. The zero-order valence-corrected chi connectivity index (χ0v) is 10.1. The van der Waals surface area contributed by atoms with Crippen LogP contribution in [-0.4, -0.2) is 34.1 Å². The summed E-state index contributed by atoms with van der Waals surface area (Å²) in [6, 6.07) is 0. The van der Waals surface area contributed by atoms with Crippen molar-refractivity contribution in [2.75, 3.05) is 7.11 Å². The van der Waals surface area contributed by atoms with Gasteiger partial charge in [0.1, 0.15) is 5.15 Å². The summed E-state index contributed by atoms with van der Waals surface area (Å²) in [4.78, 5) is 30.2. The third kappa shape index (κ3) is 2.91. The first-order valence-electron chi connectivity index (χ1n) is 4.68. The molecule has 0 aliphatic carbocycles. The molecule has 0 spiro atoms. The highest BCUT2D eigenvalue weighted by molar-refractivity contribution is 6.29. The lowest BCUT2D eigenvalue weighted by molar-refractivity contribution is -0.165. The summed E-state index contributed by atoms with van der Waals surface area (Å²) in [5, 5.41) is 9.27. The second kappa shape index (κ2) is 5.09. The van der Waals surface area contributed by atoms with Crippen LogP contribution in [0.1, 0.15) is 12.6 Å². The maximum Gasteiger partial charge on any atom is 0.323 e. The van der Waals surface area contributed by atoms with E-state index >= 15 is 0 Å². The minimum Gasteiger partial charge on any atom is -0.480 e. The number of rotatable bonds is 4. The average Bonchev–Trinajstić information content (AvgIpc) is 2.30. The van der Waals surface area contributed by atoms with Gasteiger partial charge in [0.15, 0.2) is 5.41 Å². The standard InChI is InChI=1S/C10H11ClN2O4/c1-10(8(14)15,9(16)17-2)3-6-4-13-7(11)5-12-6/h4-5H,3H2,1-2H3,(H,14,15). The number of aromatic nitrogens is 2. The van der Waals surface area contributed by atoms with Crippen LogP contribution >= 0.6 is 11.6 Å². The number of hydrogen-bond acceptors (Lipinski definition) is 5. The van der Waals surface area contributed by atoms with Crippen molar-refractivity contribution in [3.63, 3.8) is 0 Å². The third-order valence-corrected chi connectivity index (χ3v) is 2.51. The highest BCUT2D eigenvalue weighted by Gasteiger charge is 2.43. The maximum absolute atomic E-state index is 11.5. The highest BCUT2D eigenvalue weighted by atomic mass is 35.5. The number of esters is 1. The Morgan fingerprint density at radius 1 is 1.47 bits per heavy atom. The lowest BCUT2D eigenvalue weighted by Gasteiger charge is -2.20. The second-order valence-electron chi connectivity index (χ2n) is 3.64. The molecular weight excluding hydrogens is 248 g/mol. The Labute approximate surface area is 103 Å². The van der Waals surface area contributed by atoms with Gasteiger partial charge in [0.05, 0.1) is 25.2 Å². The number of carbonyl (C=O) groups excluding carboxylic acids is 1. The molecule has 0 bridgehead atoms. The van der Waals surface area contributed by atoms with Crippen molar-refractivity contribution < 1.29 is 19.4 Å². The quantitative estimate of drug-likeness (QED) is 0.638. The number of methoxy groups -OCH3 is 1. The van der Waals surface area contributed by atoms with Gasteiger partial charge in [-0.2, -0.15) is 0 Å². The van der Waals surface area contributed by atoms with Crippen LogP contribution in [0, 0.1) is 5.41 Å². The predicted octanol–water partition coefficient (Wildman–Crippen LogP) is 0.936. The van der Waals surface area contributed by atoms with Gasteiger partial charge in [-0.25, -0.2) is 4.98 Å². The van der Waals surface area contributed by atoms with Gasteiger partial charge in [-0.1, -0.05) is 11.6 Å². The lowest BCUT2D eigenvalue weighted by atomic mass is 9.85. The van der Waals surface area contributed by atoms with E-state index in [9.17, 15) is 9.59 Å². The normalized spacial score (nSPS) is 13.8. The monoisotopic (exact) mass is 258 g/mol. The Morgan fingerprint density at radius 3 is 2.53 bits per heavy atom. The molecule has 0 fully saturated rings. The molecule has 0 saturated carbocycles. The fourth-order valence-corrected chi connectivity index (χ4v) is 1.35. The summed E-state index contributed by atoms with van der Waals surface area (Å²) in [5.74, 6) is -2.11. The molecule has 1 N–H and O–H groups in total. The molecule has 1 aromatic rings. The molecule has 1 atom stereocenters. The van der Waals surface area contributed by atoms with E-state index in [4.69, 9.17) is 16.7 Å². The molecule has 6 nitrogen and oxygen atoms in total. The van der Waals surface area contributed by atoms with Crippen molar-refractivity contribution in [1.29, 1.82) is 0 Å². The minimum atomic E-state index is -1.68. The average molecular weight is 259 g/mol. The van der Waals surface area contributed by atoms with E-state index in [2.05, 4.69) is 14.7 Å². The van der Waals surface area contributed by atoms with Crippen molar-refractivity contribution in [3.05, 3.63) is 23.2 Å². The minimum absolute atomic E-state index is 0.112. The van der Waals surface area contributed by atoms with Gasteiger partial charge in [0, 0.05) is 6.42 Å². The largest absolute Gasteiger partial charge is 0.480 e. The van der Waals surface area contributed by atoms with Crippen molar-refractivity contribution >= 4 is 23.5 Å². The zero-order valence-electron chi connectivity index (χ0n) is 9.31. The Bertz CT molecular complexity index is 434. The number of halogens is 1. The van der Waals surface area contributed by atoms with Gasteiger partial charge in [-0.05, 0) is 6.92 Å². The van der Waals surface area contributed by atoms with Gasteiger partial charge >= 0.3 is 11.9 Å². The summed E-state index contributed by atoms with van der Waals surface area (Å²) in [6.45, 7) is 1.28. The van der Waals surface area contributed by atoms with Crippen LogP contribution in [0.3, 0.4) is 0 Å². The number of aliphatic carboxylic acids is 1. The number of nitrogens with zero attached hydrogens (tertiary/aromatic N) is 2. The molecule has 1 heterocycles. The molecule has 1 rings (SSSR count). The lowest BCUT2D eigenvalue weighted by Crippen LogP contribution is -2.39. The van der Waals surface area contributed by atoms with Crippen molar-refractivity contribution in [2.24, 2.45) is 5.41 Å². The van der Waals surface area contributed by atoms with E-state index < -0.39 is 17.4 Å². The molecule has 1 aromatic heterocycles. The molecule has 1 unspecified atom stereocenters. The van der Waals surface area contributed by atoms with E-state index in [0.29, 0.717) is 5.69 Å². The van der Waals surface area contributed by atoms with E-state index in [1.807, 2.05) is 0 Å². The van der Waals surface area contributed by atoms with Crippen molar-refractivity contribution in [1.82, 2.24) is 9.97 Å². The first kappa shape index (κ1) is 13.4. The van der Waals surface area contributed by atoms with Crippen LogP contribution in [0.4, 0.5) is 0 Å². The van der Waals surface area contributed by atoms with E-state index in [0.717, 1.165) is 7.11 Å². The topological polar surface area (TPSA) is 89.4 Å². The van der Waals surface area contributed by atoms with Gasteiger partial charge in [0.2, 0.25) is 0 Å². The summed E-state index contributed by atoms with van der Waals surface area (Å²) < 4.78 is 4.48. The predicted molar refractivity (Wildman–Crippen MR) is 58.5 cm³/mol. The smallest absolute Gasteiger partial charge is 0.323 e. The summed E-state index contributed by atoms with van der Waals surface area (Å²) >= 11 is 5.55. The molecule has 0 aliphatic rings. The van der Waals surface area contributed by atoms with Crippen molar-refractivity contribution in [2.45, 2.75) is 13.3 Å². The Hall–Kier alpha value is -1.69. The van der Waals surface area contributed by atoms with Crippen LogP contribution in [0.25, 0.3) is 0 Å². The first-order valence-corrected chi connectivity index (χ1v) is 5.06. The number of carboxylic acids is 1. The Morgan fingerprint density at radius 2 is 2.12 bits per heavy atom. The molecule has 7 heteroatoms. The maximum atomic E-state index is 11.5. The Balaban J connectivity index is 2.99. The molecular formula is C10H11ClN2O4. The zero-order chi connectivity index (χ0) is 13.1. The van der Waals surface area contributed by atoms with Crippen LogP contribution in [0.15, 0.2) is 12.4 Å². The van der Waals surface area contributed by atoms with Crippen LogP contribution in [0.5, 0.6) is 0 Å². The van der Waals surface area contributed by atoms with Gasteiger partial charge in [-0.3, -0.25) is 14.6 Å². The summed E-state index contributed by atoms with van der Waals surface area (Å²) in [5.41, 5.74) is -1.33. The van der Waals surface area contributed by atoms with Gasteiger partial charge in [0.25, 0.3) is 0 Å². The van der Waals surface area contributed by atoms with Gasteiger partial charge < -0.3 is 9.84 Å². The fourth-order valence-electron chi connectivity index (χ4n) is 1.25. The summed E-state index contributed by atoms with van der Waals surface area (Å²) in [6.07, 6.45) is 2.50. The second-order valence-corrected chi connectivity index (χ2v) is 4.02. The number of carbonyl (C=O) groups is 2. The molecule has 0 saturated heterocycles. The van der Waals surface area contributed by atoms with Crippen molar-refractivity contribution in [3.8, 4) is 0 Å². The van der Waals surface area contributed by atoms with Crippen LogP contribution in [0.2, 0.25) is 5.15 Å². The van der Waals surface area contributed by atoms with Gasteiger partial charge in [-0.15, -0.1) is 0 Å². The number of ether oxygens (including phenoxy) is 1. The number of carboxylic acid groups (broad SMARTS) is 1. The van der Waals surface area contributed by atoms with E-state index in [1.54, 1.807) is 0 Å². The first-order chi connectivity index (χ1) is 7.90. The number of hydrogen-bond donors (Lipinski definition) is 1. The van der Waals surface area contributed by atoms with Crippen LogP contribution in [-0.2, 0) is 20.7 Å². The molecule has 0 radical (unpaired) electrons. The van der Waals surface area contributed by atoms with E-state index in [1.165, 1.54) is 19.3 Å². The Kier molecular flexibility index (Phi) is 4.01. The molecule has 0 amide bonds. The third-order valence-electron chi connectivity index (χ3n) is 2.32. The highest BCUT2D eigenvalue weighted by Crippen LogP contribution is 2.23.